The first kappa shape index (κ1) is 6.16. The summed E-state index contributed by atoms with van der Waals surface area (Å²) in [4.78, 5) is 8.16. The van der Waals surface area contributed by atoms with Crippen molar-refractivity contribution in [3.63, 3.8) is 0 Å². The number of hydrogen-bond acceptors (Lipinski definition) is 3. The monoisotopic (exact) mass is 152 g/mol. The van der Waals surface area contributed by atoms with Crippen molar-refractivity contribution in [1.82, 2.24) is 9.97 Å². The maximum atomic E-state index is 4.18. The fourth-order valence-corrected chi connectivity index (χ4v) is 2.15. The average molecular weight is 152 g/mol. The highest BCUT2D eigenvalue weighted by Crippen LogP contribution is 2.38. The lowest BCUT2D eigenvalue weighted by Gasteiger charge is -1.98. The maximum absolute atomic E-state index is 4.18. The number of aromatic nitrogens is 2. The molecule has 0 unspecified atom stereocenters. The highest BCUT2D eigenvalue weighted by molar-refractivity contribution is 7.99. The SMILES string of the molecule is C[C@H]1SCc2ncncc21. The van der Waals surface area contributed by atoms with Gasteiger partial charge in [-0.2, -0.15) is 0 Å². The smallest absolute Gasteiger partial charge is 0.115 e. The zero-order valence-corrected chi connectivity index (χ0v) is 6.56. The van der Waals surface area contributed by atoms with Gasteiger partial charge >= 0.3 is 0 Å². The van der Waals surface area contributed by atoms with Crippen LogP contribution in [0.3, 0.4) is 0 Å². The van der Waals surface area contributed by atoms with Crippen LogP contribution in [-0.2, 0) is 5.75 Å². The van der Waals surface area contributed by atoms with Crippen molar-refractivity contribution in [2.24, 2.45) is 0 Å². The van der Waals surface area contributed by atoms with E-state index in [9.17, 15) is 0 Å². The Balaban J connectivity index is 2.51. The predicted octanol–water partition coefficient (Wildman–Crippen LogP) is 1.78. The van der Waals surface area contributed by atoms with Crippen molar-refractivity contribution in [3.05, 3.63) is 23.8 Å². The van der Waals surface area contributed by atoms with Crippen molar-refractivity contribution in [1.29, 1.82) is 0 Å². The summed E-state index contributed by atoms with van der Waals surface area (Å²) >= 11 is 1.92. The van der Waals surface area contributed by atoms with Gasteiger partial charge in [0.2, 0.25) is 0 Å². The summed E-state index contributed by atoms with van der Waals surface area (Å²) in [6, 6.07) is 0. The first-order valence-electron chi connectivity index (χ1n) is 3.28. The molecule has 1 atom stereocenters. The Bertz CT molecular complexity index is 249. The Hall–Kier alpha value is -0.570. The van der Waals surface area contributed by atoms with Crippen LogP contribution in [0.25, 0.3) is 0 Å². The van der Waals surface area contributed by atoms with E-state index in [1.54, 1.807) is 6.33 Å². The van der Waals surface area contributed by atoms with Crippen LogP contribution in [0.4, 0.5) is 0 Å². The minimum Gasteiger partial charge on any atom is -0.244 e. The molecule has 1 aromatic heterocycles. The van der Waals surface area contributed by atoms with E-state index in [0.29, 0.717) is 5.25 Å². The third-order valence-electron chi connectivity index (χ3n) is 1.74. The maximum Gasteiger partial charge on any atom is 0.115 e. The van der Waals surface area contributed by atoms with E-state index in [1.807, 2.05) is 18.0 Å². The lowest BCUT2D eigenvalue weighted by atomic mass is 10.2. The highest BCUT2D eigenvalue weighted by atomic mass is 32.2. The third kappa shape index (κ3) is 0.814. The molecule has 0 amide bonds. The Morgan fingerprint density at radius 1 is 1.70 bits per heavy atom. The van der Waals surface area contributed by atoms with E-state index in [2.05, 4.69) is 16.9 Å². The molecular formula is C7H8N2S. The number of rotatable bonds is 0. The second-order valence-electron chi connectivity index (χ2n) is 2.38. The molecule has 1 aliphatic heterocycles. The number of hydrogen-bond donors (Lipinski definition) is 0. The minimum atomic E-state index is 0.594. The van der Waals surface area contributed by atoms with Crippen molar-refractivity contribution < 1.29 is 0 Å². The average Bonchev–Trinajstić information content (AvgIpc) is 2.34. The van der Waals surface area contributed by atoms with Crippen molar-refractivity contribution >= 4 is 11.8 Å². The normalized spacial score (nSPS) is 22.7. The van der Waals surface area contributed by atoms with Crippen LogP contribution < -0.4 is 0 Å². The zero-order valence-electron chi connectivity index (χ0n) is 5.74. The van der Waals surface area contributed by atoms with Gasteiger partial charge in [-0.15, -0.1) is 11.8 Å². The van der Waals surface area contributed by atoms with Crippen LogP contribution in [0.1, 0.15) is 23.4 Å². The molecule has 0 saturated heterocycles. The lowest BCUT2D eigenvalue weighted by Crippen LogP contribution is -1.89. The quantitative estimate of drug-likeness (QED) is 0.566. The standard InChI is InChI=1S/C7H8N2S/c1-5-6-2-8-4-9-7(6)3-10-5/h2,4-5H,3H2,1H3/t5-/m1/s1. The van der Waals surface area contributed by atoms with Gasteiger partial charge in [-0.1, -0.05) is 0 Å². The second kappa shape index (κ2) is 2.23. The number of nitrogens with zero attached hydrogens (tertiary/aromatic N) is 2. The topological polar surface area (TPSA) is 25.8 Å². The summed E-state index contributed by atoms with van der Waals surface area (Å²) in [5.41, 5.74) is 2.53. The molecule has 10 heavy (non-hydrogen) atoms. The molecule has 0 bridgehead atoms. The van der Waals surface area contributed by atoms with E-state index in [4.69, 9.17) is 0 Å². The molecule has 0 saturated carbocycles. The first-order chi connectivity index (χ1) is 4.88. The van der Waals surface area contributed by atoms with Crippen LogP contribution in [-0.4, -0.2) is 9.97 Å². The number of fused-ring (bicyclic) bond motifs is 1. The van der Waals surface area contributed by atoms with Gasteiger partial charge in [-0.3, -0.25) is 0 Å². The zero-order chi connectivity index (χ0) is 6.97. The van der Waals surface area contributed by atoms with E-state index >= 15 is 0 Å². The summed E-state index contributed by atoms with van der Waals surface area (Å²) < 4.78 is 0. The summed E-state index contributed by atoms with van der Waals surface area (Å²) in [7, 11) is 0. The molecule has 0 spiro atoms. The van der Waals surface area contributed by atoms with E-state index in [0.717, 1.165) is 5.75 Å². The fraction of sp³-hybridized carbons (Fsp3) is 0.429. The lowest BCUT2D eigenvalue weighted by molar-refractivity contribution is 1.01. The van der Waals surface area contributed by atoms with Crippen molar-refractivity contribution in [2.75, 3.05) is 0 Å². The fourth-order valence-electron chi connectivity index (χ4n) is 1.12. The van der Waals surface area contributed by atoms with E-state index < -0.39 is 0 Å². The van der Waals surface area contributed by atoms with Crippen molar-refractivity contribution in [3.8, 4) is 0 Å². The van der Waals surface area contributed by atoms with Gasteiger partial charge < -0.3 is 0 Å². The largest absolute Gasteiger partial charge is 0.244 e. The van der Waals surface area contributed by atoms with Gasteiger partial charge in [0.25, 0.3) is 0 Å². The molecule has 0 aliphatic carbocycles. The van der Waals surface area contributed by atoms with Gasteiger partial charge in [0.1, 0.15) is 6.33 Å². The van der Waals surface area contributed by atoms with Crippen LogP contribution in [0.5, 0.6) is 0 Å². The molecule has 0 radical (unpaired) electrons. The van der Waals surface area contributed by atoms with Crippen LogP contribution in [0, 0.1) is 0 Å². The Labute approximate surface area is 64.1 Å². The molecule has 0 aromatic carbocycles. The summed E-state index contributed by atoms with van der Waals surface area (Å²) in [5.74, 6) is 1.05. The van der Waals surface area contributed by atoms with Gasteiger partial charge in [-0.05, 0) is 6.92 Å². The van der Waals surface area contributed by atoms with Gasteiger partial charge in [0, 0.05) is 22.8 Å². The minimum absolute atomic E-state index is 0.594. The molecule has 1 aliphatic rings. The molecular weight excluding hydrogens is 144 g/mol. The Morgan fingerprint density at radius 3 is 3.40 bits per heavy atom. The molecule has 2 nitrogen and oxygen atoms in total. The van der Waals surface area contributed by atoms with Gasteiger partial charge in [0.05, 0.1) is 5.69 Å². The van der Waals surface area contributed by atoms with Crippen LogP contribution >= 0.6 is 11.8 Å². The summed E-state index contributed by atoms with van der Waals surface area (Å²) in [6.45, 7) is 2.19. The van der Waals surface area contributed by atoms with E-state index in [-0.39, 0.29) is 0 Å². The second-order valence-corrected chi connectivity index (χ2v) is 3.71. The van der Waals surface area contributed by atoms with Gasteiger partial charge in [-0.25, -0.2) is 9.97 Å². The molecule has 0 fully saturated rings. The van der Waals surface area contributed by atoms with Crippen LogP contribution in [0.15, 0.2) is 12.5 Å². The molecule has 0 N–H and O–H groups in total. The van der Waals surface area contributed by atoms with Gasteiger partial charge in [0.15, 0.2) is 0 Å². The first-order valence-corrected chi connectivity index (χ1v) is 4.33. The molecule has 2 rings (SSSR count). The highest BCUT2D eigenvalue weighted by Gasteiger charge is 2.19. The molecule has 1 aromatic rings. The van der Waals surface area contributed by atoms with E-state index in [1.165, 1.54) is 11.3 Å². The predicted molar refractivity (Wildman–Crippen MR) is 41.7 cm³/mol. The Kier molecular flexibility index (Phi) is 1.38. The van der Waals surface area contributed by atoms with Crippen molar-refractivity contribution in [2.45, 2.75) is 17.9 Å². The summed E-state index contributed by atoms with van der Waals surface area (Å²) in [6.07, 6.45) is 3.55. The van der Waals surface area contributed by atoms with Crippen LogP contribution in [0.2, 0.25) is 0 Å². The molecule has 3 heteroatoms. The summed E-state index contributed by atoms with van der Waals surface area (Å²) in [5, 5.41) is 0.594. The molecule has 2 heterocycles. The molecule has 52 valence electrons. The third-order valence-corrected chi connectivity index (χ3v) is 2.93. The Morgan fingerprint density at radius 2 is 2.60 bits per heavy atom. The number of thioether (sulfide) groups is 1.